The molecule has 2 nitrogen and oxygen atoms in total. The van der Waals surface area contributed by atoms with Crippen LogP contribution in [0.5, 0.6) is 0 Å². The number of hydrogen-bond donors (Lipinski definition) is 0. The molecule has 0 heterocycles. The summed E-state index contributed by atoms with van der Waals surface area (Å²) < 4.78 is 0. The summed E-state index contributed by atoms with van der Waals surface area (Å²) in [5.41, 5.74) is 18.2. The molecular formula is C61H50N2. The second-order valence-electron chi connectivity index (χ2n) is 16.6. The van der Waals surface area contributed by atoms with E-state index in [0.29, 0.717) is 11.8 Å². The van der Waals surface area contributed by atoms with Gasteiger partial charge in [-0.1, -0.05) is 189 Å². The molecule has 0 aliphatic heterocycles. The molecule has 0 fully saturated rings. The molecule has 0 spiro atoms. The highest BCUT2D eigenvalue weighted by Crippen LogP contribution is 2.41. The molecule has 8 aromatic carbocycles. The molecule has 10 rings (SSSR count). The fourth-order valence-electron chi connectivity index (χ4n) is 9.08. The summed E-state index contributed by atoms with van der Waals surface area (Å²) in [6.07, 6.45) is 15.5. The molecule has 0 amide bonds. The van der Waals surface area contributed by atoms with Gasteiger partial charge in [-0.2, -0.15) is 0 Å². The van der Waals surface area contributed by atoms with Gasteiger partial charge < -0.3 is 9.80 Å². The van der Waals surface area contributed by atoms with Crippen LogP contribution in [-0.2, 0) is 0 Å². The fourth-order valence-corrected chi connectivity index (χ4v) is 9.08. The molecule has 0 saturated carbocycles. The summed E-state index contributed by atoms with van der Waals surface area (Å²) >= 11 is 0. The van der Waals surface area contributed by atoms with Crippen LogP contribution in [0.2, 0.25) is 0 Å². The van der Waals surface area contributed by atoms with Crippen molar-refractivity contribution in [3.8, 4) is 33.4 Å². The molecule has 2 heteroatoms. The molecule has 2 unspecified atom stereocenters. The second kappa shape index (κ2) is 18.1. The first-order valence-corrected chi connectivity index (χ1v) is 22.2. The highest BCUT2D eigenvalue weighted by atomic mass is 15.2. The van der Waals surface area contributed by atoms with Crippen molar-refractivity contribution < 1.29 is 0 Å². The summed E-state index contributed by atoms with van der Waals surface area (Å²) in [5.74, 6) is 0.851. The van der Waals surface area contributed by atoms with Gasteiger partial charge in [-0.15, -0.1) is 0 Å². The van der Waals surface area contributed by atoms with Crippen LogP contribution in [0.3, 0.4) is 0 Å². The van der Waals surface area contributed by atoms with Crippen molar-refractivity contribution in [3.63, 3.8) is 0 Å². The smallest absolute Gasteiger partial charge is 0.0462 e. The Morgan fingerprint density at radius 1 is 0.333 bits per heavy atom. The Morgan fingerprint density at radius 3 is 1.10 bits per heavy atom. The second-order valence-corrected chi connectivity index (χ2v) is 16.6. The third-order valence-corrected chi connectivity index (χ3v) is 12.6. The number of benzene rings is 8. The van der Waals surface area contributed by atoms with Gasteiger partial charge in [0, 0.05) is 40.1 Å². The van der Waals surface area contributed by atoms with Gasteiger partial charge in [0.2, 0.25) is 0 Å². The highest BCUT2D eigenvalue weighted by Gasteiger charge is 2.21. The van der Waals surface area contributed by atoms with Crippen LogP contribution in [0.1, 0.15) is 36.8 Å². The Morgan fingerprint density at radius 2 is 0.698 bits per heavy atom. The van der Waals surface area contributed by atoms with Gasteiger partial charge in [0.1, 0.15) is 0 Å². The van der Waals surface area contributed by atoms with Crippen LogP contribution in [0, 0.1) is 5.92 Å². The molecule has 0 saturated heterocycles. The normalized spacial score (nSPS) is 15.6. The van der Waals surface area contributed by atoms with Crippen molar-refractivity contribution in [3.05, 3.63) is 266 Å². The lowest BCUT2D eigenvalue weighted by Crippen LogP contribution is -2.17. The zero-order chi connectivity index (χ0) is 42.4. The summed E-state index contributed by atoms with van der Waals surface area (Å²) in [7, 11) is 0. The first-order chi connectivity index (χ1) is 31.1. The van der Waals surface area contributed by atoms with E-state index in [1.807, 2.05) is 0 Å². The van der Waals surface area contributed by atoms with Crippen molar-refractivity contribution in [2.45, 2.75) is 25.7 Å². The average Bonchev–Trinajstić information content (AvgIpc) is 3.36. The molecule has 0 radical (unpaired) electrons. The van der Waals surface area contributed by atoms with Crippen LogP contribution < -0.4 is 9.80 Å². The SMILES string of the molecule is CC1C=CC=CC1c1ccc(N(c2ccc(C3=CC=C(N(c4ccc(-c5ccccc5)cc4)c4ccc(-c5ccccc5)cc4)CC3)cc2)c2ccc(-c3ccccc3)cc2)cc1. The summed E-state index contributed by atoms with van der Waals surface area (Å²) in [5, 5.41) is 0. The number of hydrogen-bond acceptors (Lipinski definition) is 2. The van der Waals surface area contributed by atoms with E-state index in [1.54, 1.807) is 0 Å². The van der Waals surface area contributed by atoms with Gasteiger partial charge >= 0.3 is 0 Å². The van der Waals surface area contributed by atoms with Crippen molar-refractivity contribution in [1.29, 1.82) is 0 Å². The third-order valence-electron chi connectivity index (χ3n) is 12.6. The molecule has 2 aliphatic carbocycles. The summed E-state index contributed by atoms with van der Waals surface area (Å²) in [6.45, 7) is 2.30. The van der Waals surface area contributed by atoms with Crippen LogP contribution in [0.25, 0.3) is 39.0 Å². The fraction of sp³-hybridized carbons (Fsp3) is 0.0820. The molecule has 8 aromatic rings. The monoisotopic (exact) mass is 810 g/mol. The number of nitrogens with zero attached hydrogens (tertiary/aromatic N) is 2. The molecule has 2 aliphatic rings. The van der Waals surface area contributed by atoms with Crippen molar-refractivity contribution >= 4 is 34.0 Å². The molecule has 0 bridgehead atoms. The van der Waals surface area contributed by atoms with Crippen molar-refractivity contribution in [1.82, 2.24) is 0 Å². The number of anilines is 5. The maximum atomic E-state index is 2.42. The first-order valence-electron chi connectivity index (χ1n) is 22.2. The predicted octanol–water partition coefficient (Wildman–Crippen LogP) is 16.9. The van der Waals surface area contributed by atoms with E-state index in [2.05, 4.69) is 266 Å². The quantitative estimate of drug-likeness (QED) is 0.128. The van der Waals surface area contributed by atoms with Crippen LogP contribution in [0.15, 0.2) is 254 Å². The minimum Gasteiger partial charge on any atom is -0.314 e. The summed E-state index contributed by atoms with van der Waals surface area (Å²) in [6, 6.07) is 77.0. The zero-order valence-electron chi connectivity index (χ0n) is 35.6. The summed E-state index contributed by atoms with van der Waals surface area (Å²) in [4.78, 5) is 4.80. The van der Waals surface area contributed by atoms with Gasteiger partial charge in [-0.3, -0.25) is 0 Å². The lowest BCUT2D eigenvalue weighted by molar-refractivity contribution is 0.635. The molecule has 63 heavy (non-hydrogen) atoms. The van der Waals surface area contributed by atoms with Gasteiger partial charge in [0.15, 0.2) is 0 Å². The lowest BCUT2D eigenvalue weighted by atomic mass is 9.84. The molecule has 0 aromatic heterocycles. The van der Waals surface area contributed by atoms with E-state index >= 15 is 0 Å². The van der Waals surface area contributed by atoms with E-state index in [4.69, 9.17) is 0 Å². The lowest BCUT2D eigenvalue weighted by Gasteiger charge is -2.30. The Bertz CT molecular complexity index is 2810. The van der Waals surface area contributed by atoms with Gasteiger partial charge in [0.05, 0.1) is 0 Å². The minimum atomic E-state index is 0.382. The Kier molecular flexibility index (Phi) is 11.3. The van der Waals surface area contributed by atoms with Gasteiger partial charge in [-0.05, 0) is 136 Å². The standard InChI is InChI=1S/C61H50N2/c1-45-13-11-12-20-61(45)54-31-43-60(44-32-54)63(57-37-25-51(26-38-57)48-18-9-4-10-19-48)59-41-29-53(30-42-59)52-27-39-58(40-28-52)62(55-33-21-49(22-34-55)46-14-5-2-6-15-46)56-35-23-50(24-36-56)47-16-7-3-8-17-47/h2-27,29-39,41-45,61H,28,40H2,1H3. The van der Waals surface area contributed by atoms with Gasteiger partial charge in [0.25, 0.3) is 0 Å². The molecule has 2 atom stereocenters. The van der Waals surface area contributed by atoms with E-state index in [1.165, 1.54) is 55.8 Å². The van der Waals surface area contributed by atoms with Crippen LogP contribution >= 0.6 is 0 Å². The van der Waals surface area contributed by atoms with Crippen molar-refractivity contribution in [2.75, 3.05) is 9.80 Å². The van der Waals surface area contributed by atoms with Gasteiger partial charge in [-0.25, -0.2) is 0 Å². The highest BCUT2D eigenvalue weighted by molar-refractivity contribution is 5.81. The minimum absolute atomic E-state index is 0.382. The first kappa shape index (κ1) is 39.5. The van der Waals surface area contributed by atoms with Crippen LogP contribution in [0.4, 0.5) is 28.4 Å². The largest absolute Gasteiger partial charge is 0.314 e. The maximum Gasteiger partial charge on any atom is 0.0462 e. The zero-order valence-corrected chi connectivity index (χ0v) is 35.6. The molecular weight excluding hydrogens is 761 g/mol. The Labute approximate surface area is 372 Å². The predicted molar refractivity (Wildman–Crippen MR) is 268 cm³/mol. The number of rotatable bonds is 11. The average molecular weight is 811 g/mol. The van der Waals surface area contributed by atoms with E-state index in [0.717, 1.165) is 41.3 Å². The number of allylic oxidation sites excluding steroid dienone is 8. The Hall–Kier alpha value is -7.68. The Balaban J connectivity index is 0.951. The topological polar surface area (TPSA) is 6.48 Å². The van der Waals surface area contributed by atoms with E-state index in [9.17, 15) is 0 Å². The van der Waals surface area contributed by atoms with Crippen molar-refractivity contribution in [2.24, 2.45) is 5.92 Å². The van der Waals surface area contributed by atoms with E-state index in [-0.39, 0.29) is 0 Å². The maximum absolute atomic E-state index is 2.42. The third kappa shape index (κ3) is 8.62. The van der Waals surface area contributed by atoms with Crippen LogP contribution in [-0.4, -0.2) is 0 Å². The molecule has 304 valence electrons. The molecule has 0 N–H and O–H groups in total. The van der Waals surface area contributed by atoms with E-state index < -0.39 is 0 Å².